The van der Waals surface area contributed by atoms with E-state index in [1.807, 2.05) is 48.5 Å². The van der Waals surface area contributed by atoms with Crippen molar-refractivity contribution in [2.24, 2.45) is 0 Å². The summed E-state index contributed by atoms with van der Waals surface area (Å²) in [6.45, 7) is -0.0151. The molecule has 3 aromatic carbocycles. The number of aromatic nitrogens is 1. The molecule has 8 nitrogen and oxygen atoms in total. The van der Waals surface area contributed by atoms with Crippen LogP contribution >= 0.6 is 0 Å². The lowest BCUT2D eigenvalue weighted by Crippen LogP contribution is -2.28. The highest BCUT2D eigenvalue weighted by Crippen LogP contribution is 2.26. The van der Waals surface area contributed by atoms with Gasteiger partial charge in [0.1, 0.15) is 5.52 Å². The molecule has 0 spiro atoms. The fraction of sp³-hybridized carbons (Fsp3) is 0.0909. The average Bonchev–Trinajstić information content (AvgIpc) is 3.21. The van der Waals surface area contributed by atoms with Crippen LogP contribution in [-0.4, -0.2) is 22.4 Å². The van der Waals surface area contributed by atoms with Gasteiger partial charge in [0.25, 0.3) is 5.91 Å². The maximum atomic E-state index is 12.0. The van der Waals surface area contributed by atoms with E-state index in [1.54, 1.807) is 6.07 Å². The van der Waals surface area contributed by atoms with E-state index in [1.165, 1.54) is 18.2 Å². The lowest BCUT2D eigenvalue weighted by atomic mass is 10.1. The Morgan fingerprint density at radius 3 is 2.53 bits per heavy atom. The van der Waals surface area contributed by atoms with Crippen molar-refractivity contribution in [1.29, 1.82) is 0 Å². The van der Waals surface area contributed by atoms with Crippen LogP contribution in [0.25, 0.3) is 22.6 Å². The van der Waals surface area contributed by atoms with E-state index in [4.69, 9.17) is 9.15 Å². The largest absolute Gasteiger partial charge is 0.477 e. The second-order valence-corrected chi connectivity index (χ2v) is 6.47. The van der Waals surface area contributed by atoms with Gasteiger partial charge in [0.15, 0.2) is 17.9 Å². The topological polar surface area (TPSA) is 108 Å². The van der Waals surface area contributed by atoms with Gasteiger partial charge in [-0.2, -0.15) is 0 Å². The van der Waals surface area contributed by atoms with Gasteiger partial charge >= 0.3 is 5.69 Å². The normalized spacial score (nSPS) is 10.7. The second kappa shape index (κ2) is 8.44. The summed E-state index contributed by atoms with van der Waals surface area (Å²) in [7, 11) is 0. The van der Waals surface area contributed by atoms with Crippen molar-refractivity contribution in [2.45, 2.75) is 6.54 Å². The molecule has 1 N–H and O–H groups in total. The molecule has 0 saturated heterocycles. The molecule has 1 heterocycles. The number of carbonyl (C=O) groups excluding carboxylic acids is 1. The van der Waals surface area contributed by atoms with E-state index in [0.717, 1.165) is 22.2 Å². The zero-order valence-corrected chi connectivity index (χ0v) is 15.8. The van der Waals surface area contributed by atoms with E-state index < -0.39 is 4.92 Å². The number of nitro benzene ring substituents is 1. The number of hydrogen-bond donors (Lipinski definition) is 1. The Balaban J connectivity index is 1.33. The molecule has 0 radical (unpaired) electrons. The van der Waals surface area contributed by atoms with Gasteiger partial charge in [-0.15, -0.1) is 0 Å². The molecule has 0 aliphatic heterocycles. The molecule has 4 rings (SSSR count). The van der Waals surface area contributed by atoms with E-state index in [9.17, 15) is 14.9 Å². The van der Waals surface area contributed by atoms with Crippen LogP contribution in [0.3, 0.4) is 0 Å². The van der Waals surface area contributed by atoms with Gasteiger partial charge in [-0.25, -0.2) is 4.98 Å². The number of fused-ring (bicyclic) bond motifs is 1. The van der Waals surface area contributed by atoms with Crippen LogP contribution in [0.15, 0.2) is 77.2 Å². The molecular formula is C22H17N3O5. The van der Waals surface area contributed by atoms with Gasteiger partial charge < -0.3 is 14.5 Å². The van der Waals surface area contributed by atoms with Crippen molar-refractivity contribution in [3.05, 3.63) is 88.5 Å². The smallest absolute Gasteiger partial charge is 0.310 e. The minimum absolute atomic E-state index is 0.0559. The van der Waals surface area contributed by atoms with Crippen molar-refractivity contribution in [3.8, 4) is 17.2 Å². The maximum absolute atomic E-state index is 12.0. The highest BCUT2D eigenvalue weighted by molar-refractivity contribution is 5.78. The molecule has 0 unspecified atom stereocenters. The number of nitrogens with zero attached hydrogens (tertiary/aromatic N) is 2. The maximum Gasteiger partial charge on any atom is 0.310 e. The second-order valence-electron chi connectivity index (χ2n) is 6.47. The summed E-state index contributed by atoms with van der Waals surface area (Å²) in [6, 6.07) is 21.0. The predicted octanol–water partition coefficient (Wildman–Crippen LogP) is 4.10. The van der Waals surface area contributed by atoms with Crippen molar-refractivity contribution in [3.63, 3.8) is 0 Å². The minimum atomic E-state index is -0.550. The molecule has 150 valence electrons. The first-order valence-corrected chi connectivity index (χ1v) is 9.18. The monoisotopic (exact) mass is 403 g/mol. The molecule has 1 aromatic heterocycles. The Kier molecular flexibility index (Phi) is 5.38. The molecule has 1 amide bonds. The zero-order chi connectivity index (χ0) is 20.9. The lowest BCUT2D eigenvalue weighted by molar-refractivity contribution is -0.385. The molecular weight excluding hydrogens is 386 g/mol. The van der Waals surface area contributed by atoms with Crippen LogP contribution in [0.1, 0.15) is 5.56 Å². The SMILES string of the molecule is O=C(COc1ccccc1[N+](=O)[O-])NCc1ccc(-c2nc3ccccc3o2)cc1. The highest BCUT2D eigenvalue weighted by atomic mass is 16.6. The average molecular weight is 403 g/mol. The third-order valence-corrected chi connectivity index (χ3v) is 4.41. The van der Waals surface area contributed by atoms with Crippen LogP contribution in [0.5, 0.6) is 5.75 Å². The highest BCUT2D eigenvalue weighted by Gasteiger charge is 2.15. The summed E-state index contributed by atoms with van der Waals surface area (Å²) < 4.78 is 11.0. The number of oxazole rings is 1. The standard InChI is InChI=1S/C22H17N3O5/c26-21(14-29-20-8-4-2-6-18(20)25(27)28)23-13-15-9-11-16(12-10-15)22-24-17-5-1-3-7-19(17)30-22/h1-12H,13-14H2,(H,23,26). The van der Waals surface area contributed by atoms with Crippen LogP contribution in [0.2, 0.25) is 0 Å². The van der Waals surface area contributed by atoms with Crippen molar-refractivity contribution >= 4 is 22.7 Å². The number of nitro groups is 1. The summed E-state index contributed by atoms with van der Waals surface area (Å²) in [5.74, 6) is 0.209. The Hall–Kier alpha value is -4.20. The number of hydrogen-bond acceptors (Lipinski definition) is 6. The molecule has 0 aliphatic carbocycles. The number of carbonyl (C=O) groups is 1. The Morgan fingerprint density at radius 2 is 1.77 bits per heavy atom. The number of amides is 1. The molecule has 0 aliphatic rings. The third kappa shape index (κ3) is 4.27. The summed E-state index contributed by atoms with van der Waals surface area (Å²) in [6.07, 6.45) is 0. The number of para-hydroxylation sites is 4. The number of nitrogens with one attached hydrogen (secondary N) is 1. The number of rotatable bonds is 7. The van der Waals surface area contributed by atoms with Gasteiger partial charge in [0.05, 0.1) is 4.92 Å². The van der Waals surface area contributed by atoms with Crippen LogP contribution in [0.4, 0.5) is 5.69 Å². The predicted molar refractivity (Wildman–Crippen MR) is 110 cm³/mol. The van der Waals surface area contributed by atoms with Crippen molar-refractivity contribution in [1.82, 2.24) is 10.3 Å². The van der Waals surface area contributed by atoms with Crippen LogP contribution < -0.4 is 10.1 Å². The third-order valence-electron chi connectivity index (χ3n) is 4.41. The molecule has 0 atom stereocenters. The van der Waals surface area contributed by atoms with E-state index >= 15 is 0 Å². The van der Waals surface area contributed by atoms with Crippen LogP contribution in [-0.2, 0) is 11.3 Å². The fourth-order valence-corrected chi connectivity index (χ4v) is 2.89. The van der Waals surface area contributed by atoms with Gasteiger partial charge in [0.2, 0.25) is 5.89 Å². The fourth-order valence-electron chi connectivity index (χ4n) is 2.89. The Labute approximate surface area is 171 Å². The first-order chi connectivity index (χ1) is 14.6. The molecule has 0 fully saturated rings. The van der Waals surface area contributed by atoms with E-state index in [-0.39, 0.29) is 24.0 Å². The summed E-state index contributed by atoms with van der Waals surface area (Å²) >= 11 is 0. The van der Waals surface area contributed by atoms with Gasteiger partial charge in [-0.3, -0.25) is 14.9 Å². The molecule has 30 heavy (non-hydrogen) atoms. The van der Waals surface area contributed by atoms with Crippen molar-refractivity contribution < 1.29 is 18.9 Å². The molecule has 0 bridgehead atoms. The quantitative estimate of drug-likeness (QED) is 0.368. The summed E-state index contributed by atoms with van der Waals surface area (Å²) in [5.41, 5.74) is 3.06. The first kappa shape index (κ1) is 19.1. The number of ether oxygens (including phenoxy) is 1. The van der Waals surface area contributed by atoms with Gasteiger partial charge in [0, 0.05) is 18.2 Å². The van der Waals surface area contributed by atoms with Crippen molar-refractivity contribution in [2.75, 3.05) is 6.61 Å². The zero-order valence-electron chi connectivity index (χ0n) is 15.8. The van der Waals surface area contributed by atoms with Gasteiger partial charge in [-0.05, 0) is 35.9 Å². The molecule has 4 aromatic rings. The number of benzene rings is 3. The van der Waals surface area contributed by atoms with Gasteiger partial charge in [-0.1, -0.05) is 36.4 Å². The molecule has 8 heteroatoms. The lowest BCUT2D eigenvalue weighted by Gasteiger charge is -2.08. The van der Waals surface area contributed by atoms with E-state index in [0.29, 0.717) is 12.4 Å². The Morgan fingerprint density at radius 1 is 1.03 bits per heavy atom. The first-order valence-electron chi connectivity index (χ1n) is 9.18. The van der Waals surface area contributed by atoms with Crippen LogP contribution in [0, 0.1) is 10.1 Å². The summed E-state index contributed by atoms with van der Waals surface area (Å²) in [4.78, 5) is 26.9. The Bertz CT molecular complexity index is 1170. The van der Waals surface area contributed by atoms with E-state index in [2.05, 4.69) is 10.3 Å². The summed E-state index contributed by atoms with van der Waals surface area (Å²) in [5, 5.41) is 13.7. The molecule has 0 saturated carbocycles. The minimum Gasteiger partial charge on any atom is -0.477 e.